The molecule has 1 aromatic rings. The summed E-state index contributed by atoms with van der Waals surface area (Å²) in [6.45, 7) is 10.1. The van der Waals surface area contributed by atoms with Gasteiger partial charge in [-0.05, 0) is 45.6 Å². The van der Waals surface area contributed by atoms with E-state index in [2.05, 4.69) is 31.0 Å². The molecule has 1 aromatic heterocycles. The standard InChI is InChI=1S/C16H29N3S/c1-4-7-12-19(6-3)16-18-14-10-8-9-13(15(14)20-16)17-11-5-2/h13,17H,4-12H2,1-3H3. The molecular weight excluding hydrogens is 266 g/mol. The van der Waals surface area contributed by atoms with Crippen LogP contribution in [0, 0.1) is 0 Å². The van der Waals surface area contributed by atoms with Crippen molar-refractivity contribution in [2.24, 2.45) is 0 Å². The Kier molecular flexibility index (Phi) is 6.30. The average Bonchev–Trinajstić information content (AvgIpc) is 2.90. The summed E-state index contributed by atoms with van der Waals surface area (Å²) in [6, 6.07) is 0.551. The van der Waals surface area contributed by atoms with Crippen LogP contribution in [0.25, 0.3) is 0 Å². The Morgan fingerprint density at radius 1 is 1.30 bits per heavy atom. The molecule has 1 N–H and O–H groups in total. The summed E-state index contributed by atoms with van der Waals surface area (Å²) in [5.74, 6) is 0. The van der Waals surface area contributed by atoms with Crippen molar-refractivity contribution in [1.29, 1.82) is 0 Å². The van der Waals surface area contributed by atoms with E-state index in [1.165, 1.54) is 54.2 Å². The molecule has 0 radical (unpaired) electrons. The van der Waals surface area contributed by atoms with Crippen molar-refractivity contribution in [2.45, 2.75) is 65.3 Å². The zero-order valence-electron chi connectivity index (χ0n) is 13.2. The molecule has 1 heterocycles. The van der Waals surface area contributed by atoms with E-state index in [0.29, 0.717) is 6.04 Å². The number of aryl methyl sites for hydroxylation is 1. The molecule has 0 fully saturated rings. The first-order valence-corrected chi connectivity index (χ1v) is 9.09. The summed E-state index contributed by atoms with van der Waals surface area (Å²) in [5, 5.41) is 4.94. The molecule has 3 nitrogen and oxygen atoms in total. The summed E-state index contributed by atoms with van der Waals surface area (Å²) in [4.78, 5) is 8.89. The van der Waals surface area contributed by atoms with Gasteiger partial charge in [-0.25, -0.2) is 4.98 Å². The summed E-state index contributed by atoms with van der Waals surface area (Å²) in [5.41, 5.74) is 1.36. The van der Waals surface area contributed by atoms with Crippen molar-refractivity contribution in [1.82, 2.24) is 10.3 Å². The van der Waals surface area contributed by atoms with Crippen molar-refractivity contribution < 1.29 is 0 Å². The van der Waals surface area contributed by atoms with Gasteiger partial charge in [-0.3, -0.25) is 0 Å². The number of hydrogen-bond acceptors (Lipinski definition) is 4. The minimum Gasteiger partial charge on any atom is -0.348 e. The van der Waals surface area contributed by atoms with E-state index in [4.69, 9.17) is 4.98 Å². The lowest BCUT2D eigenvalue weighted by Crippen LogP contribution is -2.24. The van der Waals surface area contributed by atoms with Gasteiger partial charge in [0.15, 0.2) is 5.13 Å². The second kappa shape index (κ2) is 7.99. The van der Waals surface area contributed by atoms with Crippen LogP contribution in [0.1, 0.15) is 69.5 Å². The number of hydrogen-bond donors (Lipinski definition) is 1. The monoisotopic (exact) mass is 295 g/mol. The van der Waals surface area contributed by atoms with Crippen LogP contribution in [0.2, 0.25) is 0 Å². The quantitative estimate of drug-likeness (QED) is 0.781. The molecular formula is C16H29N3S. The first-order chi connectivity index (χ1) is 9.80. The molecule has 4 heteroatoms. The maximum atomic E-state index is 4.94. The Labute approximate surface area is 127 Å². The van der Waals surface area contributed by atoms with Crippen LogP contribution in [0.3, 0.4) is 0 Å². The van der Waals surface area contributed by atoms with Crippen molar-refractivity contribution in [3.8, 4) is 0 Å². The lowest BCUT2D eigenvalue weighted by molar-refractivity contribution is 0.464. The maximum Gasteiger partial charge on any atom is 0.185 e. The third-order valence-corrected chi connectivity index (χ3v) is 5.29. The third kappa shape index (κ3) is 3.73. The molecule has 1 atom stereocenters. The van der Waals surface area contributed by atoms with Crippen molar-refractivity contribution in [3.05, 3.63) is 10.6 Å². The smallest absolute Gasteiger partial charge is 0.185 e. The van der Waals surface area contributed by atoms with Gasteiger partial charge < -0.3 is 10.2 Å². The molecule has 0 aliphatic heterocycles. The number of fused-ring (bicyclic) bond motifs is 1. The van der Waals surface area contributed by atoms with Crippen molar-refractivity contribution in [2.75, 3.05) is 24.5 Å². The molecule has 0 spiro atoms. The van der Waals surface area contributed by atoms with Crippen LogP contribution in [0.4, 0.5) is 5.13 Å². The van der Waals surface area contributed by atoms with E-state index in [0.717, 1.165) is 19.6 Å². The highest BCUT2D eigenvalue weighted by atomic mass is 32.1. The molecule has 114 valence electrons. The number of rotatable bonds is 8. The number of thiazole rings is 1. The van der Waals surface area contributed by atoms with E-state index in [1.54, 1.807) is 0 Å². The molecule has 2 rings (SSSR count). The highest BCUT2D eigenvalue weighted by Crippen LogP contribution is 2.37. The van der Waals surface area contributed by atoms with Crippen LogP contribution >= 0.6 is 11.3 Å². The van der Waals surface area contributed by atoms with Crippen LogP contribution in [0.15, 0.2) is 0 Å². The molecule has 0 saturated carbocycles. The Hall–Kier alpha value is -0.610. The minimum absolute atomic E-state index is 0.551. The molecule has 0 aromatic carbocycles. The largest absolute Gasteiger partial charge is 0.348 e. The van der Waals surface area contributed by atoms with Crippen LogP contribution in [-0.4, -0.2) is 24.6 Å². The molecule has 1 unspecified atom stereocenters. The molecule has 0 saturated heterocycles. The third-order valence-electron chi connectivity index (χ3n) is 4.01. The molecule has 1 aliphatic carbocycles. The summed E-state index contributed by atoms with van der Waals surface area (Å²) in [7, 11) is 0. The zero-order chi connectivity index (χ0) is 14.4. The van der Waals surface area contributed by atoms with Gasteiger partial charge in [-0.2, -0.15) is 0 Å². The fourth-order valence-corrected chi connectivity index (χ4v) is 4.10. The summed E-state index contributed by atoms with van der Waals surface area (Å²) in [6.07, 6.45) is 7.43. The minimum atomic E-state index is 0.551. The maximum absolute atomic E-state index is 4.94. The predicted molar refractivity (Wildman–Crippen MR) is 88.9 cm³/mol. The average molecular weight is 295 g/mol. The van der Waals surface area contributed by atoms with Gasteiger partial charge in [0, 0.05) is 24.0 Å². The Balaban J connectivity index is 2.11. The SMILES string of the molecule is CCCCN(CC)c1nc2c(s1)C(NCCC)CCC2. The Bertz CT molecular complexity index is 402. The van der Waals surface area contributed by atoms with E-state index < -0.39 is 0 Å². The number of nitrogens with one attached hydrogen (secondary N) is 1. The second-order valence-electron chi connectivity index (χ2n) is 5.64. The topological polar surface area (TPSA) is 28.2 Å². The Morgan fingerprint density at radius 3 is 2.85 bits per heavy atom. The van der Waals surface area contributed by atoms with E-state index in [1.807, 2.05) is 11.3 Å². The lowest BCUT2D eigenvalue weighted by Gasteiger charge is -2.22. The van der Waals surface area contributed by atoms with E-state index in [-0.39, 0.29) is 0 Å². The molecule has 0 amide bonds. The first kappa shape index (κ1) is 15.8. The number of aromatic nitrogens is 1. The van der Waals surface area contributed by atoms with Crippen LogP contribution in [0.5, 0.6) is 0 Å². The highest BCUT2D eigenvalue weighted by Gasteiger charge is 2.25. The van der Waals surface area contributed by atoms with E-state index in [9.17, 15) is 0 Å². The number of nitrogens with zero attached hydrogens (tertiary/aromatic N) is 2. The predicted octanol–water partition coefficient (Wildman–Crippen LogP) is 4.15. The van der Waals surface area contributed by atoms with Crippen molar-refractivity contribution in [3.63, 3.8) is 0 Å². The van der Waals surface area contributed by atoms with Crippen LogP contribution in [-0.2, 0) is 6.42 Å². The fourth-order valence-electron chi connectivity index (χ4n) is 2.79. The number of unbranched alkanes of at least 4 members (excludes halogenated alkanes) is 1. The Morgan fingerprint density at radius 2 is 2.15 bits per heavy atom. The van der Waals surface area contributed by atoms with Gasteiger partial charge in [0.05, 0.1) is 5.69 Å². The fraction of sp³-hybridized carbons (Fsp3) is 0.812. The van der Waals surface area contributed by atoms with Gasteiger partial charge in [0.25, 0.3) is 0 Å². The van der Waals surface area contributed by atoms with Gasteiger partial charge in [0.2, 0.25) is 0 Å². The molecule has 0 bridgehead atoms. The normalized spacial score (nSPS) is 18.1. The van der Waals surface area contributed by atoms with Gasteiger partial charge in [-0.1, -0.05) is 31.6 Å². The summed E-state index contributed by atoms with van der Waals surface area (Å²) >= 11 is 1.93. The first-order valence-electron chi connectivity index (χ1n) is 8.28. The highest BCUT2D eigenvalue weighted by molar-refractivity contribution is 7.15. The lowest BCUT2D eigenvalue weighted by atomic mass is 9.98. The van der Waals surface area contributed by atoms with Crippen molar-refractivity contribution >= 4 is 16.5 Å². The van der Waals surface area contributed by atoms with Gasteiger partial charge >= 0.3 is 0 Å². The molecule has 20 heavy (non-hydrogen) atoms. The van der Waals surface area contributed by atoms with Crippen LogP contribution < -0.4 is 10.2 Å². The van der Waals surface area contributed by atoms with E-state index >= 15 is 0 Å². The second-order valence-corrected chi connectivity index (χ2v) is 6.65. The van der Waals surface area contributed by atoms with Gasteiger partial charge in [0.1, 0.15) is 0 Å². The summed E-state index contributed by atoms with van der Waals surface area (Å²) < 4.78 is 0. The van der Waals surface area contributed by atoms with Gasteiger partial charge in [-0.15, -0.1) is 0 Å². The number of anilines is 1. The molecule has 1 aliphatic rings. The zero-order valence-corrected chi connectivity index (χ0v) is 14.1.